The van der Waals surface area contributed by atoms with Gasteiger partial charge >= 0.3 is 0 Å². The molecule has 26 heavy (non-hydrogen) atoms. The first kappa shape index (κ1) is 18.5. The van der Waals surface area contributed by atoms with Crippen molar-refractivity contribution in [2.24, 2.45) is 0 Å². The molecule has 6 heteroatoms. The number of rotatable bonds is 3. The normalized spacial score (nSPS) is 14.7. The second kappa shape index (κ2) is 8.39. The van der Waals surface area contributed by atoms with E-state index in [9.17, 15) is 9.59 Å². The van der Waals surface area contributed by atoms with E-state index in [1.807, 2.05) is 30.3 Å². The van der Waals surface area contributed by atoms with E-state index < -0.39 is 0 Å². The van der Waals surface area contributed by atoms with Crippen LogP contribution in [0.4, 0.5) is 0 Å². The van der Waals surface area contributed by atoms with Crippen LogP contribution in [0.2, 0.25) is 10.0 Å². The van der Waals surface area contributed by atoms with Gasteiger partial charge in [-0.05, 0) is 29.8 Å². The molecule has 0 bridgehead atoms. The van der Waals surface area contributed by atoms with Gasteiger partial charge in [0.05, 0.1) is 10.6 Å². The van der Waals surface area contributed by atoms with E-state index in [2.05, 4.69) is 0 Å². The number of amides is 2. The Morgan fingerprint density at radius 2 is 1.54 bits per heavy atom. The van der Waals surface area contributed by atoms with Crippen LogP contribution in [0.5, 0.6) is 0 Å². The third-order valence-electron chi connectivity index (χ3n) is 4.26. The summed E-state index contributed by atoms with van der Waals surface area (Å²) in [4.78, 5) is 28.4. The number of nitrogens with zero attached hydrogens (tertiary/aromatic N) is 2. The van der Waals surface area contributed by atoms with Crippen LogP contribution in [0, 0.1) is 0 Å². The zero-order valence-corrected chi connectivity index (χ0v) is 15.6. The minimum absolute atomic E-state index is 0.0539. The quantitative estimate of drug-likeness (QED) is 0.745. The largest absolute Gasteiger partial charge is 0.336 e. The summed E-state index contributed by atoms with van der Waals surface area (Å²) in [6.45, 7) is 1.91. The van der Waals surface area contributed by atoms with E-state index >= 15 is 0 Å². The van der Waals surface area contributed by atoms with Gasteiger partial charge in [0.2, 0.25) is 5.91 Å². The lowest BCUT2D eigenvalue weighted by Crippen LogP contribution is -2.50. The van der Waals surface area contributed by atoms with E-state index in [1.165, 1.54) is 0 Å². The molecule has 0 radical (unpaired) electrons. The van der Waals surface area contributed by atoms with Gasteiger partial charge in [-0.15, -0.1) is 0 Å². The van der Waals surface area contributed by atoms with Gasteiger partial charge in [-0.2, -0.15) is 0 Å². The maximum Gasteiger partial charge on any atom is 0.255 e. The molecule has 0 spiro atoms. The third-order valence-corrected chi connectivity index (χ3v) is 4.82. The molecule has 134 valence electrons. The van der Waals surface area contributed by atoms with Crippen molar-refractivity contribution in [3.63, 3.8) is 0 Å². The second-order valence-corrected chi connectivity index (χ2v) is 6.83. The Labute approximate surface area is 162 Å². The number of carbonyl (C=O) groups excluding carboxylic acids is 2. The van der Waals surface area contributed by atoms with Crippen LogP contribution in [0.25, 0.3) is 6.08 Å². The van der Waals surface area contributed by atoms with Crippen LogP contribution in [0.3, 0.4) is 0 Å². The fourth-order valence-corrected chi connectivity index (χ4v) is 3.17. The number of hydrogen-bond donors (Lipinski definition) is 0. The third kappa shape index (κ3) is 4.45. The molecule has 0 N–H and O–H groups in total. The van der Waals surface area contributed by atoms with Crippen molar-refractivity contribution in [3.05, 3.63) is 75.8 Å². The molecule has 4 nitrogen and oxygen atoms in total. The van der Waals surface area contributed by atoms with Crippen LogP contribution < -0.4 is 0 Å². The summed E-state index contributed by atoms with van der Waals surface area (Å²) in [5, 5.41) is 0.848. The Morgan fingerprint density at radius 1 is 0.885 bits per heavy atom. The van der Waals surface area contributed by atoms with Crippen molar-refractivity contribution >= 4 is 41.1 Å². The van der Waals surface area contributed by atoms with E-state index in [0.717, 1.165) is 5.56 Å². The molecule has 2 amide bonds. The van der Waals surface area contributed by atoms with Crippen molar-refractivity contribution in [2.45, 2.75) is 0 Å². The SMILES string of the molecule is O=C(/C=C/c1ccccc1)N1CCN(C(=O)c2cc(Cl)ccc2Cl)CC1. The summed E-state index contributed by atoms with van der Waals surface area (Å²) in [6.07, 6.45) is 3.37. The molecule has 1 heterocycles. The summed E-state index contributed by atoms with van der Waals surface area (Å²) < 4.78 is 0. The van der Waals surface area contributed by atoms with Gasteiger partial charge in [-0.25, -0.2) is 0 Å². The Morgan fingerprint density at radius 3 is 2.23 bits per heavy atom. The average Bonchev–Trinajstić information content (AvgIpc) is 2.68. The molecule has 2 aromatic rings. The summed E-state index contributed by atoms with van der Waals surface area (Å²) >= 11 is 12.1. The van der Waals surface area contributed by atoms with Crippen LogP contribution in [-0.2, 0) is 4.79 Å². The first-order valence-corrected chi connectivity index (χ1v) is 9.06. The summed E-state index contributed by atoms with van der Waals surface area (Å²) in [5.41, 5.74) is 1.37. The molecular weight excluding hydrogens is 371 g/mol. The van der Waals surface area contributed by atoms with Gasteiger partial charge in [0, 0.05) is 37.3 Å². The van der Waals surface area contributed by atoms with Crippen molar-refractivity contribution in [2.75, 3.05) is 26.2 Å². The highest BCUT2D eigenvalue weighted by atomic mass is 35.5. The second-order valence-electron chi connectivity index (χ2n) is 5.99. The molecule has 1 aliphatic rings. The highest BCUT2D eigenvalue weighted by Gasteiger charge is 2.25. The Kier molecular flexibility index (Phi) is 5.96. The molecule has 0 aromatic heterocycles. The van der Waals surface area contributed by atoms with Gasteiger partial charge in [-0.3, -0.25) is 9.59 Å². The smallest absolute Gasteiger partial charge is 0.255 e. The number of piperazine rings is 1. The lowest BCUT2D eigenvalue weighted by Gasteiger charge is -2.34. The zero-order valence-electron chi connectivity index (χ0n) is 14.1. The first-order chi connectivity index (χ1) is 12.5. The predicted octanol–water partition coefficient (Wildman–Crippen LogP) is 3.99. The van der Waals surface area contributed by atoms with Crippen molar-refractivity contribution < 1.29 is 9.59 Å². The average molecular weight is 389 g/mol. The molecule has 0 aliphatic carbocycles. The Hall–Kier alpha value is -2.30. The van der Waals surface area contributed by atoms with Crippen molar-refractivity contribution in [3.8, 4) is 0 Å². The fraction of sp³-hybridized carbons (Fsp3) is 0.200. The zero-order chi connectivity index (χ0) is 18.5. The van der Waals surface area contributed by atoms with E-state index in [-0.39, 0.29) is 11.8 Å². The first-order valence-electron chi connectivity index (χ1n) is 8.31. The summed E-state index contributed by atoms with van der Waals surface area (Å²) in [6, 6.07) is 14.5. The molecule has 0 atom stereocenters. The minimum atomic E-state index is -0.163. The minimum Gasteiger partial charge on any atom is -0.336 e. The highest BCUT2D eigenvalue weighted by molar-refractivity contribution is 6.35. The maximum absolute atomic E-state index is 12.6. The number of halogens is 2. The van der Waals surface area contributed by atoms with Crippen LogP contribution >= 0.6 is 23.2 Å². The summed E-state index contributed by atoms with van der Waals surface area (Å²) in [5.74, 6) is -0.217. The number of benzene rings is 2. The number of carbonyl (C=O) groups is 2. The Bertz CT molecular complexity index is 829. The van der Waals surface area contributed by atoms with Gasteiger partial charge in [0.15, 0.2) is 0 Å². The number of hydrogen-bond acceptors (Lipinski definition) is 2. The molecular formula is C20H18Cl2N2O2. The van der Waals surface area contributed by atoms with Gasteiger partial charge in [-0.1, -0.05) is 53.5 Å². The predicted molar refractivity (Wildman–Crippen MR) is 104 cm³/mol. The van der Waals surface area contributed by atoms with Crippen molar-refractivity contribution in [1.29, 1.82) is 0 Å². The lowest BCUT2D eigenvalue weighted by molar-refractivity contribution is -0.127. The van der Waals surface area contributed by atoms with Gasteiger partial charge in [0.1, 0.15) is 0 Å². The van der Waals surface area contributed by atoms with Gasteiger partial charge < -0.3 is 9.80 Å². The lowest BCUT2D eigenvalue weighted by atomic mass is 10.1. The maximum atomic E-state index is 12.6. The van der Waals surface area contributed by atoms with Crippen LogP contribution in [0.1, 0.15) is 15.9 Å². The van der Waals surface area contributed by atoms with Gasteiger partial charge in [0.25, 0.3) is 5.91 Å². The van der Waals surface area contributed by atoms with E-state index in [4.69, 9.17) is 23.2 Å². The molecule has 1 saturated heterocycles. The summed E-state index contributed by atoms with van der Waals surface area (Å²) in [7, 11) is 0. The van der Waals surface area contributed by atoms with Crippen LogP contribution in [-0.4, -0.2) is 47.8 Å². The molecule has 3 rings (SSSR count). The molecule has 0 unspecified atom stereocenters. The molecule has 0 saturated carbocycles. The van der Waals surface area contributed by atoms with Crippen molar-refractivity contribution in [1.82, 2.24) is 9.80 Å². The molecule has 1 fully saturated rings. The van der Waals surface area contributed by atoms with E-state index in [0.29, 0.717) is 41.8 Å². The fourth-order valence-electron chi connectivity index (χ4n) is 2.80. The Balaban J connectivity index is 1.58. The molecule has 1 aliphatic heterocycles. The monoisotopic (exact) mass is 388 g/mol. The molecule has 2 aromatic carbocycles. The van der Waals surface area contributed by atoms with E-state index in [1.54, 1.807) is 40.2 Å². The van der Waals surface area contributed by atoms with Crippen LogP contribution in [0.15, 0.2) is 54.6 Å². The topological polar surface area (TPSA) is 40.6 Å². The highest BCUT2D eigenvalue weighted by Crippen LogP contribution is 2.22. The standard InChI is InChI=1S/C20H18Cl2N2O2/c21-16-7-8-18(22)17(14-16)20(26)24-12-10-23(11-13-24)19(25)9-6-15-4-2-1-3-5-15/h1-9,14H,10-13H2/b9-6+.